The van der Waals surface area contributed by atoms with Gasteiger partial charge in [-0.3, -0.25) is 14.3 Å². The quantitative estimate of drug-likeness (QED) is 0.375. The van der Waals surface area contributed by atoms with E-state index in [-0.39, 0.29) is 69.6 Å². The van der Waals surface area contributed by atoms with Gasteiger partial charge in [-0.2, -0.15) is 18.3 Å². The number of carbonyl (C=O) groups excluding carboxylic acids is 2. The Labute approximate surface area is 182 Å². The summed E-state index contributed by atoms with van der Waals surface area (Å²) in [6, 6.07) is 5.42. The number of esters is 1. The number of hydrogen-bond acceptors (Lipinski definition) is 5. The first-order valence-corrected chi connectivity index (χ1v) is 10.2. The van der Waals surface area contributed by atoms with Gasteiger partial charge in [-0.25, -0.2) is 4.39 Å². The molecular formula is C21H24F4N4O3. The van der Waals surface area contributed by atoms with Crippen molar-refractivity contribution >= 4 is 11.9 Å². The number of rotatable bonds is 8. The van der Waals surface area contributed by atoms with Crippen molar-refractivity contribution in [1.29, 1.82) is 0 Å². The summed E-state index contributed by atoms with van der Waals surface area (Å²) in [5.74, 6) is -1.11. The van der Waals surface area contributed by atoms with Gasteiger partial charge in [-0.15, -0.1) is 0 Å². The Kier molecular flexibility index (Phi) is 7.49. The smallest absolute Gasteiger partial charge is 0.435 e. The number of amides is 1. The lowest BCUT2D eigenvalue weighted by atomic mass is 10.0. The third kappa shape index (κ3) is 5.84. The fourth-order valence-electron chi connectivity index (χ4n) is 3.55. The molecule has 7 nitrogen and oxygen atoms in total. The molecule has 0 unspecified atom stereocenters. The Hall–Kier alpha value is -2.95. The SMILES string of the molecule is CCOC(=O)CCNCC(=O)N1CCc2c(C(F)(F)F)nn(Cc3ccc(F)cc3)c2C1. The molecule has 1 aromatic heterocycles. The van der Waals surface area contributed by atoms with Gasteiger partial charge in [0.25, 0.3) is 0 Å². The molecule has 2 aromatic rings. The lowest BCUT2D eigenvalue weighted by Gasteiger charge is -2.28. The van der Waals surface area contributed by atoms with E-state index < -0.39 is 17.7 Å². The van der Waals surface area contributed by atoms with Gasteiger partial charge in [-0.05, 0) is 31.0 Å². The van der Waals surface area contributed by atoms with Crippen molar-refractivity contribution in [1.82, 2.24) is 20.0 Å². The lowest BCUT2D eigenvalue weighted by Crippen LogP contribution is -2.42. The highest BCUT2D eigenvalue weighted by atomic mass is 19.4. The molecule has 0 saturated carbocycles. The zero-order chi connectivity index (χ0) is 23.3. The van der Waals surface area contributed by atoms with Crippen molar-refractivity contribution in [3.63, 3.8) is 0 Å². The highest BCUT2D eigenvalue weighted by Crippen LogP contribution is 2.35. The minimum atomic E-state index is -4.61. The zero-order valence-electron chi connectivity index (χ0n) is 17.5. The fraction of sp³-hybridized carbons (Fsp3) is 0.476. The summed E-state index contributed by atoms with van der Waals surface area (Å²) in [5.41, 5.74) is 0.0375. The number of nitrogens with zero attached hydrogens (tertiary/aromatic N) is 3. The van der Waals surface area contributed by atoms with Crippen LogP contribution in [0.2, 0.25) is 0 Å². The predicted molar refractivity (Wildman–Crippen MR) is 106 cm³/mol. The van der Waals surface area contributed by atoms with Crippen molar-refractivity contribution < 1.29 is 31.9 Å². The van der Waals surface area contributed by atoms with Crippen molar-refractivity contribution in [2.24, 2.45) is 0 Å². The number of nitrogens with one attached hydrogen (secondary N) is 1. The summed E-state index contributed by atoms with van der Waals surface area (Å²) in [5, 5.41) is 6.63. The minimum absolute atomic E-state index is 0.0159. The van der Waals surface area contributed by atoms with Crippen LogP contribution in [-0.2, 0) is 40.0 Å². The number of fused-ring (bicyclic) bond motifs is 1. The number of halogens is 4. The molecule has 1 aliphatic heterocycles. The normalized spacial score (nSPS) is 13.7. The lowest BCUT2D eigenvalue weighted by molar-refractivity contribution is -0.143. The van der Waals surface area contributed by atoms with Gasteiger partial charge in [0.15, 0.2) is 5.69 Å². The van der Waals surface area contributed by atoms with Crippen LogP contribution in [0.3, 0.4) is 0 Å². The third-order valence-corrected chi connectivity index (χ3v) is 5.09. The average Bonchev–Trinajstić information content (AvgIpc) is 3.11. The summed E-state index contributed by atoms with van der Waals surface area (Å²) in [4.78, 5) is 25.3. The summed E-state index contributed by atoms with van der Waals surface area (Å²) in [6.45, 7) is 2.33. The molecule has 0 spiro atoms. The number of alkyl halides is 3. The van der Waals surface area contributed by atoms with E-state index in [2.05, 4.69) is 10.4 Å². The monoisotopic (exact) mass is 456 g/mol. The van der Waals surface area contributed by atoms with Gasteiger partial charge >= 0.3 is 12.1 Å². The Balaban J connectivity index is 1.70. The highest BCUT2D eigenvalue weighted by Gasteiger charge is 2.40. The average molecular weight is 456 g/mol. The van der Waals surface area contributed by atoms with Crippen LogP contribution in [0.1, 0.15) is 35.9 Å². The van der Waals surface area contributed by atoms with E-state index in [4.69, 9.17) is 4.74 Å². The number of ether oxygens (including phenoxy) is 1. The predicted octanol–water partition coefficient (Wildman–Crippen LogP) is 2.52. The molecule has 0 bridgehead atoms. The first-order chi connectivity index (χ1) is 15.2. The van der Waals surface area contributed by atoms with Crippen LogP contribution in [0.5, 0.6) is 0 Å². The van der Waals surface area contributed by atoms with Crippen LogP contribution < -0.4 is 5.32 Å². The van der Waals surface area contributed by atoms with E-state index in [1.807, 2.05) is 0 Å². The summed E-state index contributed by atoms with van der Waals surface area (Å²) in [6.07, 6.45) is -4.47. The van der Waals surface area contributed by atoms with Crippen molar-refractivity contribution in [3.05, 3.63) is 52.6 Å². The molecule has 0 fully saturated rings. The number of carbonyl (C=O) groups is 2. The van der Waals surface area contributed by atoms with Gasteiger partial charge in [-0.1, -0.05) is 12.1 Å². The standard InChI is InChI=1S/C21H24F4N4O3/c1-2-32-19(31)7-9-26-11-18(30)28-10-8-16-17(13-28)29(27-20(16)21(23,24)25)12-14-3-5-15(22)6-4-14/h3-6,26H,2,7-13H2,1H3. The molecule has 0 atom stereocenters. The third-order valence-electron chi connectivity index (χ3n) is 5.09. The second-order valence-electron chi connectivity index (χ2n) is 7.35. The molecule has 0 saturated heterocycles. The number of hydrogen-bond donors (Lipinski definition) is 1. The summed E-state index contributed by atoms with van der Waals surface area (Å²) >= 11 is 0. The van der Waals surface area contributed by atoms with E-state index in [1.165, 1.54) is 33.8 Å². The van der Waals surface area contributed by atoms with Crippen LogP contribution in [0.15, 0.2) is 24.3 Å². The van der Waals surface area contributed by atoms with Crippen LogP contribution in [0, 0.1) is 5.82 Å². The zero-order valence-corrected chi connectivity index (χ0v) is 17.5. The first kappa shape index (κ1) is 23.7. The van der Waals surface area contributed by atoms with E-state index >= 15 is 0 Å². The molecule has 0 radical (unpaired) electrons. The van der Waals surface area contributed by atoms with Crippen LogP contribution in [-0.4, -0.2) is 52.8 Å². The van der Waals surface area contributed by atoms with E-state index in [0.717, 1.165) is 0 Å². The molecule has 1 N–H and O–H groups in total. The second-order valence-corrected chi connectivity index (χ2v) is 7.35. The fourth-order valence-corrected chi connectivity index (χ4v) is 3.55. The van der Waals surface area contributed by atoms with Crippen LogP contribution in [0.25, 0.3) is 0 Å². The molecular weight excluding hydrogens is 432 g/mol. The molecule has 11 heteroatoms. The summed E-state index contributed by atoms with van der Waals surface area (Å²) < 4.78 is 59.7. The maximum Gasteiger partial charge on any atom is 0.435 e. The minimum Gasteiger partial charge on any atom is -0.466 e. The second kappa shape index (κ2) is 10.1. The van der Waals surface area contributed by atoms with Crippen molar-refractivity contribution in [2.45, 2.75) is 39.0 Å². The Bertz CT molecular complexity index is 957. The number of aromatic nitrogens is 2. The van der Waals surface area contributed by atoms with Crippen LogP contribution in [0.4, 0.5) is 17.6 Å². The molecule has 1 aliphatic rings. The Morgan fingerprint density at radius 3 is 2.59 bits per heavy atom. The number of benzene rings is 1. The first-order valence-electron chi connectivity index (χ1n) is 10.2. The van der Waals surface area contributed by atoms with E-state index in [1.54, 1.807) is 6.92 Å². The van der Waals surface area contributed by atoms with Gasteiger partial charge < -0.3 is 15.0 Å². The maximum atomic E-state index is 13.5. The Morgan fingerprint density at radius 1 is 1.22 bits per heavy atom. The molecule has 1 amide bonds. The van der Waals surface area contributed by atoms with Crippen molar-refractivity contribution in [2.75, 3.05) is 26.2 Å². The maximum absolute atomic E-state index is 13.5. The summed E-state index contributed by atoms with van der Waals surface area (Å²) in [7, 11) is 0. The van der Waals surface area contributed by atoms with Crippen molar-refractivity contribution in [3.8, 4) is 0 Å². The van der Waals surface area contributed by atoms with Gasteiger partial charge in [0.1, 0.15) is 5.82 Å². The van der Waals surface area contributed by atoms with Gasteiger partial charge in [0, 0.05) is 18.7 Å². The molecule has 1 aromatic carbocycles. The molecule has 3 rings (SSSR count). The Morgan fingerprint density at radius 2 is 1.94 bits per heavy atom. The van der Waals surface area contributed by atoms with Crippen LogP contribution >= 0.6 is 0 Å². The molecule has 0 aliphatic carbocycles. The largest absolute Gasteiger partial charge is 0.466 e. The van der Waals surface area contributed by atoms with E-state index in [9.17, 15) is 27.2 Å². The van der Waals surface area contributed by atoms with Gasteiger partial charge in [0.05, 0.1) is 38.4 Å². The molecule has 174 valence electrons. The topological polar surface area (TPSA) is 76.5 Å². The van der Waals surface area contributed by atoms with E-state index in [0.29, 0.717) is 11.3 Å². The molecule has 2 heterocycles. The highest BCUT2D eigenvalue weighted by molar-refractivity contribution is 5.78. The van der Waals surface area contributed by atoms with Gasteiger partial charge in [0.2, 0.25) is 5.91 Å². The molecule has 32 heavy (non-hydrogen) atoms.